The molecule has 3 unspecified atom stereocenters. The minimum atomic E-state index is -4.47. The second-order valence-electron chi connectivity index (χ2n) is 6.36. The Morgan fingerprint density at radius 3 is 3.04 bits per heavy atom. The number of hydrogen-bond donors (Lipinski definition) is 3. The van der Waals surface area contributed by atoms with Crippen molar-refractivity contribution in [3.63, 3.8) is 0 Å². The molecule has 0 saturated heterocycles. The minimum absolute atomic E-state index is 0.0628. The molecule has 3 atom stereocenters. The SMILES string of the molecule is OC(NC1CCC(n2[nH]nc3cnc4nccc4c32)C1)OCC(F)(F)F. The van der Waals surface area contributed by atoms with Crippen LogP contribution in [0.1, 0.15) is 25.3 Å². The molecule has 0 bridgehead atoms. The molecule has 3 aromatic rings. The Labute approximate surface area is 145 Å². The Hall–Kier alpha value is -2.24. The summed E-state index contributed by atoms with van der Waals surface area (Å²) in [6.45, 7) is -1.49. The molecule has 1 aliphatic carbocycles. The van der Waals surface area contributed by atoms with Gasteiger partial charge in [-0.25, -0.2) is 15.2 Å². The molecule has 140 valence electrons. The fourth-order valence-electron chi connectivity index (χ4n) is 3.46. The van der Waals surface area contributed by atoms with Gasteiger partial charge in [-0.15, -0.1) is 0 Å². The molecule has 1 saturated carbocycles. The van der Waals surface area contributed by atoms with Crippen LogP contribution in [0.5, 0.6) is 0 Å². The lowest BCUT2D eigenvalue weighted by Crippen LogP contribution is -2.40. The quantitative estimate of drug-likeness (QED) is 0.593. The van der Waals surface area contributed by atoms with Crippen LogP contribution in [0, 0.1) is 0 Å². The summed E-state index contributed by atoms with van der Waals surface area (Å²) in [6.07, 6.45) is -0.704. The van der Waals surface area contributed by atoms with Gasteiger partial charge in [0.05, 0.1) is 17.8 Å². The highest BCUT2D eigenvalue weighted by atomic mass is 19.4. The molecule has 4 rings (SSSR count). The van der Waals surface area contributed by atoms with Gasteiger partial charge in [0.2, 0.25) is 6.41 Å². The molecule has 8 nitrogen and oxygen atoms in total. The van der Waals surface area contributed by atoms with E-state index in [0.29, 0.717) is 18.5 Å². The third-order valence-corrected chi connectivity index (χ3v) is 4.56. The molecule has 0 aliphatic heterocycles. The maximum absolute atomic E-state index is 12.1. The van der Waals surface area contributed by atoms with E-state index in [1.807, 2.05) is 10.7 Å². The van der Waals surface area contributed by atoms with E-state index in [2.05, 4.69) is 30.3 Å². The number of nitrogens with zero attached hydrogens (tertiary/aromatic N) is 4. The van der Waals surface area contributed by atoms with Crippen LogP contribution < -0.4 is 5.32 Å². The van der Waals surface area contributed by atoms with Gasteiger partial charge in [0, 0.05) is 17.6 Å². The summed E-state index contributed by atoms with van der Waals surface area (Å²) in [6, 6.07) is 1.77. The zero-order valence-electron chi connectivity index (χ0n) is 13.6. The van der Waals surface area contributed by atoms with Crippen molar-refractivity contribution in [2.75, 3.05) is 6.61 Å². The first-order valence-electron chi connectivity index (χ1n) is 8.19. The van der Waals surface area contributed by atoms with Gasteiger partial charge in [-0.1, -0.05) is 0 Å². The molecule has 1 aliphatic rings. The molecular formula is C15H17F3N6O2. The fraction of sp³-hybridized carbons (Fsp3) is 0.533. The van der Waals surface area contributed by atoms with Crippen molar-refractivity contribution >= 4 is 22.1 Å². The van der Waals surface area contributed by atoms with Crippen LogP contribution in [0.4, 0.5) is 13.2 Å². The minimum Gasteiger partial charge on any atom is -0.356 e. The average molecular weight is 370 g/mol. The maximum atomic E-state index is 12.1. The first kappa shape index (κ1) is 17.2. The number of pyridine rings is 1. The van der Waals surface area contributed by atoms with Gasteiger partial charge in [0.1, 0.15) is 12.1 Å². The van der Waals surface area contributed by atoms with Crippen molar-refractivity contribution in [2.24, 2.45) is 0 Å². The number of rotatable bonds is 5. The van der Waals surface area contributed by atoms with Gasteiger partial charge < -0.3 is 9.84 Å². The molecule has 0 amide bonds. The number of aromatic nitrogens is 5. The summed E-state index contributed by atoms with van der Waals surface area (Å²) in [5.41, 5.74) is 2.25. The Kier molecular flexibility index (Phi) is 4.29. The lowest BCUT2D eigenvalue weighted by atomic mass is 10.2. The highest BCUT2D eigenvalue weighted by Gasteiger charge is 2.32. The Morgan fingerprint density at radius 2 is 2.23 bits per heavy atom. The van der Waals surface area contributed by atoms with Gasteiger partial charge >= 0.3 is 6.18 Å². The van der Waals surface area contributed by atoms with Crippen LogP contribution in [0.25, 0.3) is 22.1 Å². The molecule has 3 N–H and O–H groups in total. The van der Waals surface area contributed by atoms with E-state index >= 15 is 0 Å². The van der Waals surface area contributed by atoms with E-state index in [1.165, 1.54) is 0 Å². The van der Waals surface area contributed by atoms with Gasteiger partial charge in [-0.2, -0.15) is 18.3 Å². The predicted octanol–water partition coefficient (Wildman–Crippen LogP) is 1.85. The number of aliphatic hydroxyl groups is 1. The van der Waals surface area contributed by atoms with Gasteiger partial charge in [0.15, 0.2) is 5.65 Å². The van der Waals surface area contributed by atoms with Crippen LogP contribution in [0.3, 0.4) is 0 Å². The Bertz CT molecular complexity index is 908. The summed E-state index contributed by atoms with van der Waals surface area (Å²) in [7, 11) is 0. The van der Waals surface area contributed by atoms with E-state index in [4.69, 9.17) is 0 Å². The first-order valence-corrected chi connectivity index (χ1v) is 8.19. The number of halogens is 3. The summed E-state index contributed by atoms with van der Waals surface area (Å²) in [5.74, 6) is 0. The largest absolute Gasteiger partial charge is 0.411 e. The smallest absolute Gasteiger partial charge is 0.356 e. The number of hydrogen-bond acceptors (Lipinski definition) is 6. The lowest BCUT2D eigenvalue weighted by Gasteiger charge is -2.20. The van der Waals surface area contributed by atoms with E-state index in [1.54, 1.807) is 12.4 Å². The molecule has 0 spiro atoms. The second kappa shape index (κ2) is 6.49. The summed E-state index contributed by atoms with van der Waals surface area (Å²) in [5, 5.41) is 20.4. The number of nitrogens with one attached hydrogen (secondary N) is 2. The van der Waals surface area contributed by atoms with Crippen molar-refractivity contribution in [2.45, 2.75) is 43.9 Å². The van der Waals surface area contributed by atoms with Crippen molar-refractivity contribution in [3.8, 4) is 0 Å². The topological polar surface area (TPSA) is 101 Å². The maximum Gasteiger partial charge on any atom is 0.411 e. The number of aliphatic hydroxyl groups excluding tert-OH is 1. The summed E-state index contributed by atoms with van der Waals surface area (Å²) in [4.78, 5) is 8.43. The zero-order valence-corrected chi connectivity index (χ0v) is 13.6. The van der Waals surface area contributed by atoms with E-state index in [-0.39, 0.29) is 12.1 Å². The standard InChI is InChI=1S/C15H17F3N6O2/c16-15(17,18)7-26-14(25)21-8-1-2-9(5-8)24-12-10-3-4-19-13(10)20-6-11(12)22-23-24/h3-4,6,8-9,14,21,23,25H,1-2,5,7H2. The van der Waals surface area contributed by atoms with Crippen molar-refractivity contribution < 1.29 is 23.0 Å². The molecule has 3 heterocycles. The number of aromatic amines is 1. The van der Waals surface area contributed by atoms with Crippen molar-refractivity contribution in [3.05, 3.63) is 18.5 Å². The third kappa shape index (κ3) is 3.37. The summed E-state index contributed by atoms with van der Waals surface area (Å²) < 4.78 is 42.7. The van der Waals surface area contributed by atoms with Gasteiger partial charge in [-0.05, 0) is 25.3 Å². The fourth-order valence-corrected chi connectivity index (χ4v) is 3.46. The van der Waals surface area contributed by atoms with Crippen molar-refractivity contribution in [1.82, 2.24) is 30.3 Å². The van der Waals surface area contributed by atoms with Gasteiger partial charge in [0.25, 0.3) is 0 Å². The van der Waals surface area contributed by atoms with Crippen LogP contribution in [-0.4, -0.2) is 55.3 Å². The highest BCUT2D eigenvalue weighted by molar-refractivity contribution is 6.00. The van der Waals surface area contributed by atoms with E-state index < -0.39 is 19.2 Å². The lowest BCUT2D eigenvalue weighted by molar-refractivity contribution is -0.225. The van der Waals surface area contributed by atoms with E-state index in [9.17, 15) is 18.3 Å². The highest BCUT2D eigenvalue weighted by Crippen LogP contribution is 2.33. The Morgan fingerprint density at radius 1 is 1.38 bits per heavy atom. The summed E-state index contributed by atoms with van der Waals surface area (Å²) >= 11 is 0. The first-order chi connectivity index (χ1) is 12.4. The monoisotopic (exact) mass is 370 g/mol. The Balaban J connectivity index is 1.46. The number of alkyl halides is 3. The van der Waals surface area contributed by atoms with Gasteiger partial charge in [-0.3, -0.25) is 10.00 Å². The van der Waals surface area contributed by atoms with Crippen LogP contribution in [0.2, 0.25) is 0 Å². The second-order valence-corrected chi connectivity index (χ2v) is 6.36. The molecule has 0 radical (unpaired) electrons. The number of fused-ring (bicyclic) bond motifs is 3. The molecule has 1 fully saturated rings. The zero-order chi connectivity index (χ0) is 18.3. The predicted molar refractivity (Wildman–Crippen MR) is 85.0 cm³/mol. The molecular weight excluding hydrogens is 353 g/mol. The molecule has 26 heavy (non-hydrogen) atoms. The average Bonchev–Trinajstić information content (AvgIpc) is 3.29. The van der Waals surface area contributed by atoms with Crippen LogP contribution in [0.15, 0.2) is 18.5 Å². The number of ether oxygens (including phenoxy) is 1. The van der Waals surface area contributed by atoms with Crippen LogP contribution in [-0.2, 0) is 4.74 Å². The number of H-pyrrole nitrogens is 1. The van der Waals surface area contributed by atoms with Crippen molar-refractivity contribution in [1.29, 1.82) is 0 Å². The normalized spacial score (nSPS) is 22.5. The van der Waals surface area contributed by atoms with E-state index in [0.717, 1.165) is 22.8 Å². The molecule has 11 heteroatoms. The van der Waals surface area contributed by atoms with Crippen LogP contribution >= 0.6 is 0 Å². The molecule has 0 aromatic carbocycles. The third-order valence-electron chi connectivity index (χ3n) is 4.56. The molecule has 3 aromatic heterocycles.